The summed E-state index contributed by atoms with van der Waals surface area (Å²) in [4.78, 5) is 23.3. The lowest BCUT2D eigenvalue weighted by Gasteiger charge is -2.12. The predicted molar refractivity (Wildman–Crippen MR) is 136 cm³/mol. The number of hydrogen-bond donors (Lipinski definition) is 2. The fourth-order valence-electron chi connectivity index (χ4n) is 3.49. The maximum absolute atomic E-state index is 13.6. The van der Waals surface area contributed by atoms with Crippen molar-refractivity contribution in [2.24, 2.45) is 5.92 Å². The summed E-state index contributed by atoms with van der Waals surface area (Å²) in [6, 6.07) is 7.93. The van der Waals surface area contributed by atoms with Gasteiger partial charge in [-0.1, -0.05) is 29.5 Å². The van der Waals surface area contributed by atoms with E-state index in [1.165, 1.54) is 24.5 Å². The van der Waals surface area contributed by atoms with Crippen LogP contribution in [-0.4, -0.2) is 54.6 Å². The number of nitrogens with one attached hydrogen (secondary N) is 2. The summed E-state index contributed by atoms with van der Waals surface area (Å²) >= 11 is 5.92. The Morgan fingerprint density at radius 2 is 2.17 bits per heavy atom. The molecule has 2 heterocycles. The zero-order valence-electron chi connectivity index (χ0n) is 19.4. The minimum Gasteiger partial charge on any atom is -0.380 e. The summed E-state index contributed by atoms with van der Waals surface area (Å²) in [5.74, 6) is 6.30. The lowest BCUT2D eigenvalue weighted by molar-refractivity contribution is -0.111. The van der Waals surface area contributed by atoms with Crippen molar-refractivity contribution in [3.05, 3.63) is 65.2 Å². The molecule has 180 valence electrons. The summed E-state index contributed by atoms with van der Waals surface area (Å²) in [6.45, 7) is 1.95. The first-order valence-corrected chi connectivity index (χ1v) is 11.5. The number of rotatable bonds is 6. The van der Waals surface area contributed by atoms with Crippen molar-refractivity contribution in [3.8, 4) is 11.8 Å². The Morgan fingerprint density at radius 3 is 2.91 bits per heavy atom. The molecule has 1 aromatic heterocycles. The zero-order valence-corrected chi connectivity index (χ0v) is 20.2. The summed E-state index contributed by atoms with van der Waals surface area (Å²) in [5.41, 5.74) is 2.40. The second-order valence-electron chi connectivity index (χ2n) is 8.37. The van der Waals surface area contributed by atoms with Crippen LogP contribution in [-0.2, 0) is 9.53 Å². The van der Waals surface area contributed by atoms with E-state index in [4.69, 9.17) is 16.3 Å². The topological polar surface area (TPSA) is 79.4 Å². The summed E-state index contributed by atoms with van der Waals surface area (Å²) < 4.78 is 19.0. The highest BCUT2D eigenvalue weighted by Gasteiger charge is 2.14. The molecule has 1 fully saturated rings. The summed E-state index contributed by atoms with van der Waals surface area (Å²) in [5, 5.41) is 6.74. The Bertz CT molecular complexity index is 1330. The minimum absolute atomic E-state index is 0.000668. The van der Waals surface area contributed by atoms with Crippen LogP contribution in [0.15, 0.2) is 48.8 Å². The molecule has 0 spiro atoms. The lowest BCUT2D eigenvalue weighted by Crippen LogP contribution is -2.13. The van der Waals surface area contributed by atoms with E-state index in [0.29, 0.717) is 53.4 Å². The number of halogens is 2. The number of amides is 1. The molecule has 1 atom stereocenters. The van der Waals surface area contributed by atoms with Gasteiger partial charge in [0.25, 0.3) is 0 Å². The Hall–Kier alpha value is -3.51. The molecule has 35 heavy (non-hydrogen) atoms. The first-order chi connectivity index (χ1) is 16.9. The smallest absolute Gasteiger partial charge is 0.248 e. The number of hydrogen-bond acceptors (Lipinski definition) is 6. The molecular formula is C26H25ClFN5O2. The van der Waals surface area contributed by atoms with Crippen LogP contribution in [0.2, 0.25) is 5.02 Å². The van der Waals surface area contributed by atoms with Gasteiger partial charge in [0.15, 0.2) is 0 Å². The SMILES string of the molecule is CN(C)CC=CC(=O)Nc1cc2c(Nc3ccc(F)c(Cl)c3)ncnc2cc1C#CC1CCOC1. The predicted octanol–water partition coefficient (Wildman–Crippen LogP) is 4.61. The number of fused-ring (bicyclic) bond motifs is 1. The van der Waals surface area contributed by atoms with Crippen LogP contribution >= 0.6 is 11.6 Å². The van der Waals surface area contributed by atoms with Gasteiger partial charge < -0.3 is 20.3 Å². The maximum atomic E-state index is 13.6. The number of likely N-dealkylation sites (N-methyl/N-ethyl adjacent to an activating group) is 1. The van der Waals surface area contributed by atoms with Crippen molar-refractivity contribution in [2.75, 3.05) is 44.5 Å². The third-order valence-corrected chi connectivity index (χ3v) is 5.58. The summed E-state index contributed by atoms with van der Waals surface area (Å²) in [6.07, 6.45) is 5.59. The molecule has 1 amide bonds. The third-order valence-electron chi connectivity index (χ3n) is 5.30. The third kappa shape index (κ3) is 6.55. The highest BCUT2D eigenvalue weighted by molar-refractivity contribution is 6.31. The largest absolute Gasteiger partial charge is 0.380 e. The number of nitrogens with zero attached hydrogens (tertiary/aromatic N) is 3. The zero-order chi connectivity index (χ0) is 24.8. The minimum atomic E-state index is -0.507. The molecule has 2 aromatic carbocycles. The number of benzene rings is 2. The van der Waals surface area contributed by atoms with Gasteiger partial charge in [-0.2, -0.15) is 0 Å². The van der Waals surface area contributed by atoms with Gasteiger partial charge >= 0.3 is 0 Å². The van der Waals surface area contributed by atoms with Gasteiger partial charge in [-0.3, -0.25) is 4.79 Å². The van der Waals surface area contributed by atoms with E-state index in [-0.39, 0.29) is 16.8 Å². The Morgan fingerprint density at radius 1 is 1.31 bits per heavy atom. The maximum Gasteiger partial charge on any atom is 0.248 e. The Kier molecular flexibility index (Phi) is 7.93. The van der Waals surface area contributed by atoms with Crippen LogP contribution in [0.4, 0.5) is 21.6 Å². The molecule has 3 aromatic rings. The quantitative estimate of drug-likeness (QED) is 0.385. The monoisotopic (exact) mass is 493 g/mol. The van der Waals surface area contributed by atoms with Crippen molar-refractivity contribution >= 4 is 45.6 Å². The summed E-state index contributed by atoms with van der Waals surface area (Å²) in [7, 11) is 3.85. The number of anilines is 3. The van der Waals surface area contributed by atoms with E-state index < -0.39 is 5.82 Å². The second-order valence-corrected chi connectivity index (χ2v) is 8.78. The van der Waals surface area contributed by atoms with Crippen molar-refractivity contribution in [1.82, 2.24) is 14.9 Å². The molecule has 1 saturated heterocycles. The van der Waals surface area contributed by atoms with Gasteiger partial charge in [-0.05, 0) is 50.8 Å². The first kappa shape index (κ1) is 24.6. The van der Waals surface area contributed by atoms with E-state index in [1.54, 1.807) is 18.2 Å². The number of aromatic nitrogens is 2. The normalized spacial score (nSPS) is 15.4. The number of carbonyl (C=O) groups excluding carboxylic acids is 1. The fraction of sp³-hybridized carbons (Fsp3) is 0.269. The number of carbonyl (C=O) groups is 1. The van der Waals surface area contributed by atoms with Crippen LogP contribution in [0.1, 0.15) is 12.0 Å². The van der Waals surface area contributed by atoms with Gasteiger partial charge in [0.05, 0.1) is 28.4 Å². The van der Waals surface area contributed by atoms with Crippen LogP contribution < -0.4 is 10.6 Å². The van der Waals surface area contributed by atoms with Crippen molar-refractivity contribution in [2.45, 2.75) is 6.42 Å². The molecule has 7 nitrogen and oxygen atoms in total. The van der Waals surface area contributed by atoms with E-state index in [2.05, 4.69) is 32.4 Å². The van der Waals surface area contributed by atoms with E-state index in [0.717, 1.165) is 6.42 Å². The Labute approximate surface area is 208 Å². The molecule has 2 N–H and O–H groups in total. The first-order valence-electron chi connectivity index (χ1n) is 11.1. The molecule has 4 rings (SSSR count). The standard InChI is InChI=1S/C26H25ClFN5O2/c1-33(2)10-3-4-25(34)32-23-14-20-24(12-18(23)6-5-17-9-11-35-15-17)29-16-30-26(20)31-19-7-8-22(28)21(27)13-19/h3-4,7-8,12-14,16-17H,9-11,15H2,1-2H3,(H,32,34)(H,29,30,31). The van der Waals surface area contributed by atoms with Crippen LogP contribution in [0.25, 0.3) is 10.9 Å². The molecule has 1 aliphatic rings. The van der Waals surface area contributed by atoms with Gasteiger partial charge in [0, 0.05) is 36.2 Å². The van der Waals surface area contributed by atoms with Crippen molar-refractivity contribution in [3.63, 3.8) is 0 Å². The fourth-order valence-corrected chi connectivity index (χ4v) is 3.67. The molecule has 0 radical (unpaired) electrons. The highest BCUT2D eigenvalue weighted by Crippen LogP contribution is 2.30. The van der Waals surface area contributed by atoms with E-state index in [1.807, 2.05) is 25.1 Å². The van der Waals surface area contributed by atoms with Gasteiger partial charge in [0.1, 0.15) is 18.0 Å². The molecule has 0 bridgehead atoms. The van der Waals surface area contributed by atoms with E-state index in [9.17, 15) is 9.18 Å². The van der Waals surface area contributed by atoms with Crippen LogP contribution in [0.3, 0.4) is 0 Å². The highest BCUT2D eigenvalue weighted by atomic mass is 35.5. The van der Waals surface area contributed by atoms with Crippen LogP contribution in [0, 0.1) is 23.6 Å². The average Bonchev–Trinajstić information content (AvgIpc) is 3.34. The van der Waals surface area contributed by atoms with Crippen LogP contribution in [0.5, 0.6) is 0 Å². The van der Waals surface area contributed by atoms with Crippen molar-refractivity contribution in [1.29, 1.82) is 0 Å². The molecule has 1 aliphatic heterocycles. The second kappa shape index (κ2) is 11.3. The Balaban J connectivity index is 1.71. The van der Waals surface area contributed by atoms with E-state index >= 15 is 0 Å². The molecule has 9 heteroatoms. The van der Waals surface area contributed by atoms with Gasteiger partial charge in [-0.15, -0.1) is 0 Å². The molecule has 0 saturated carbocycles. The lowest BCUT2D eigenvalue weighted by atomic mass is 10.1. The van der Waals surface area contributed by atoms with Gasteiger partial charge in [0.2, 0.25) is 5.91 Å². The van der Waals surface area contributed by atoms with Gasteiger partial charge in [-0.25, -0.2) is 14.4 Å². The van der Waals surface area contributed by atoms with Crippen molar-refractivity contribution < 1.29 is 13.9 Å². The molecular weight excluding hydrogens is 469 g/mol. The molecule has 0 aliphatic carbocycles. The molecule has 1 unspecified atom stereocenters. The number of ether oxygens (including phenoxy) is 1. The average molecular weight is 494 g/mol.